The number of likely N-dealkylation sites (tertiary alicyclic amines) is 1. The number of nitrogens with zero attached hydrogens (tertiary/aromatic N) is 1. The van der Waals surface area contributed by atoms with Gasteiger partial charge in [0.05, 0.1) is 0 Å². The lowest BCUT2D eigenvalue weighted by Crippen LogP contribution is -2.36. The van der Waals surface area contributed by atoms with Gasteiger partial charge in [0.25, 0.3) is 0 Å². The second kappa shape index (κ2) is 6.50. The maximum absolute atomic E-state index is 10.8. The van der Waals surface area contributed by atoms with Crippen LogP contribution in [0.5, 0.6) is 0 Å². The summed E-state index contributed by atoms with van der Waals surface area (Å²) in [7, 11) is 0. The number of pyridine rings is 1. The minimum Gasteiger partial charge on any atom is -0.465 e. The molecule has 1 aromatic rings. The molecule has 0 amide bonds. The van der Waals surface area contributed by atoms with Gasteiger partial charge in [0.15, 0.2) is 12.4 Å². The van der Waals surface area contributed by atoms with Crippen LogP contribution in [0, 0.1) is 0 Å². The first-order valence-electron chi connectivity index (χ1n) is 6.61. The molecule has 0 aromatic carbocycles. The molecule has 0 aliphatic carbocycles. The minimum absolute atomic E-state index is 0.198. The topological polar surface area (TPSA) is 43.7 Å². The average molecular weight is 249 g/mol. The van der Waals surface area contributed by atoms with Crippen LogP contribution in [0.4, 0.5) is 0 Å². The Morgan fingerprint density at radius 3 is 3.17 bits per heavy atom. The van der Waals surface area contributed by atoms with Crippen molar-refractivity contribution in [1.29, 1.82) is 0 Å². The maximum atomic E-state index is 10.8. The van der Waals surface area contributed by atoms with Crippen molar-refractivity contribution in [1.82, 2.24) is 4.90 Å². The lowest BCUT2D eigenvalue weighted by molar-refractivity contribution is -0.379. The van der Waals surface area contributed by atoms with E-state index in [-0.39, 0.29) is 5.97 Å². The number of H-pyrrole nitrogens is 1. The summed E-state index contributed by atoms with van der Waals surface area (Å²) < 4.78 is 5.04. The Morgan fingerprint density at radius 1 is 1.56 bits per heavy atom. The summed E-state index contributed by atoms with van der Waals surface area (Å²) in [5.74, 6) is -0.198. The molecule has 1 atom stereocenters. The highest BCUT2D eigenvalue weighted by Crippen LogP contribution is 2.29. The molecule has 2 rings (SSSR count). The molecule has 1 aliphatic heterocycles. The standard InChI is InChI=1S/C14H20N2O2/c1-12(17)18-10-9-16-8-3-2-6-14(16)13-5-4-7-15-11-13/h4-5,7,11,14H,2-3,6,8-10H2,1H3/p+1/t14-/m0/s1. The predicted octanol–water partition coefficient (Wildman–Crippen LogP) is 1.59. The number of piperidine rings is 1. The van der Waals surface area contributed by atoms with Crippen LogP contribution in [0.3, 0.4) is 0 Å². The number of hydrogen-bond acceptors (Lipinski definition) is 3. The van der Waals surface area contributed by atoms with Gasteiger partial charge >= 0.3 is 5.97 Å². The van der Waals surface area contributed by atoms with E-state index in [1.54, 1.807) is 0 Å². The molecule has 0 saturated carbocycles. The molecule has 0 spiro atoms. The SMILES string of the molecule is CC(=O)OCCN1CCCC[C@H]1c1ccc[nH+]c1. The molecule has 1 aromatic heterocycles. The zero-order chi connectivity index (χ0) is 12.8. The van der Waals surface area contributed by atoms with Gasteiger partial charge in [0.2, 0.25) is 0 Å². The van der Waals surface area contributed by atoms with Crippen LogP contribution < -0.4 is 4.98 Å². The number of ether oxygens (including phenoxy) is 1. The van der Waals surface area contributed by atoms with Crippen LogP contribution in [0.2, 0.25) is 0 Å². The number of aromatic nitrogens is 1. The lowest BCUT2D eigenvalue weighted by Gasteiger charge is -2.34. The van der Waals surface area contributed by atoms with Crippen molar-refractivity contribution in [3.63, 3.8) is 0 Å². The zero-order valence-electron chi connectivity index (χ0n) is 10.9. The van der Waals surface area contributed by atoms with E-state index >= 15 is 0 Å². The molecule has 1 saturated heterocycles. The van der Waals surface area contributed by atoms with Crippen molar-refractivity contribution in [2.75, 3.05) is 19.7 Å². The summed E-state index contributed by atoms with van der Waals surface area (Å²) in [6.45, 7) is 3.85. The highest BCUT2D eigenvalue weighted by molar-refractivity contribution is 5.65. The fourth-order valence-corrected chi connectivity index (χ4v) is 2.56. The first-order valence-corrected chi connectivity index (χ1v) is 6.61. The molecule has 98 valence electrons. The van der Waals surface area contributed by atoms with Gasteiger partial charge in [-0.1, -0.05) is 6.42 Å². The summed E-state index contributed by atoms with van der Waals surface area (Å²) in [5.41, 5.74) is 1.32. The highest BCUT2D eigenvalue weighted by atomic mass is 16.5. The number of carbonyl (C=O) groups excluding carboxylic acids is 1. The number of aromatic amines is 1. The van der Waals surface area contributed by atoms with E-state index in [4.69, 9.17) is 4.74 Å². The number of hydrogen-bond donors (Lipinski definition) is 0. The van der Waals surface area contributed by atoms with Crippen LogP contribution in [0.1, 0.15) is 37.8 Å². The molecule has 1 aliphatic rings. The quantitative estimate of drug-likeness (QED) is 0.761. The highest BCUT2D eigenvalue weighted by Gasteiger charge is 2.24. The molecule has 18 heavy (non-hydrogen) atoms. The Balaban J connectivity index is 1.95. The van der Waals surface area contributed by atoms with Gasteiger partial charge in [-0.2, -0.15) is 0 Å². The molecule has 4 nitrogen and oxygen atoms in total. The minimum atomic E-state index is -0.198. The molecule has 0 bridgehead atoms. The van der Waals surface area contributed by atoms with Gasteiger partial charge in [-0.3, -0.25) is 9.69 Å². The first kappa shape index (κ1) is 13.0. The van der Waals surface area contributed by atoms with Crippen molar-refractivity contribution in [3.05, 3.63) is 30.1 Å². The Hall–Kier alpha value is -1.42. The van der Waals surface area contributed by atoms with Gasteiger partial charge in [0.1, 0.15) is 6.61 Å². The van der Waals surface area contributed by atoms with Gasteiger partial charge in [-0.25, -0.2) is 4.98 Å². The second-order valence-electron chi connectivity index (χ2n) is 4.72. The van der Waals surface area contributed by atoms with Gasteiger partial charge in [-0.15, -0.1) is 0 Å². The molecule has 4 heteroatoms. The lowest BCUT2D eigenvalue weighted by atomic mass is 9.96. The van der Waals surface area contributed by atoms with Crippen LogP contribution in [0.15, 0.2) is 24.5 Å². The monoisotopic (exact) mass is 249 g/mol. The smallest absolute Gasteiger partial charge is 0.302 e. The van der Waals surface area contributed by atoms with Crippen molar-refractivity contribution in [2.24, 2.45) is 0 Å². The number of rotatable bonds is 4. The molecule has 0 radical (unpaired) electrons. The van der Waals surface area contributed by atoms with Crippen molar-refractivity contribution < 1.29 is 14.5 Å². The predicted molar refractivity (Wildman–Crippen MR) is 67.8 cm³/mol. The molecular formula is C14H21N2O2+. The number of nitrogens with one attached hydrogen (secondary N) is 1. The number of carbonyl (C=O) groups is 1. The molecule has 0 unspecified atom stereocenters. The number of esters is 1. The fraction of sp³-hybridized carbons (Fsp3) is 0.571. The summed E-state index contributed by atoms with van der Waals surface area (Å²) in [5, 5.41) is 0. The normalized spacial score (nSPS) is 20.6. The summed E-state index contributed by atoms with van der Waals surface area (Å²) in [6.07, 6.45) is 7.67. The van der Waals surface area contributed by atoms with E-state index in [2.05, 4.69) is 22.1 Å². The zero-order valence-corrected chi connectivity index (χ0v) is 10.9. The van der Waals surface area contributed by atoms with E-state index in [1.165, 1.54) is 31.7 Å². The van der Waals surface area contributed by atoms with Crippen molar-refractivity contribution >= 4 is 5.97 Å². The largest absolute Gasteiger partial charge is 0.465 e. The summed E-state index contributed by atoms with van der Waals surface area (Å²) in [6, 6.07) is 4.64. The fourth-order valence-electron chi connectivity index (χ4n) is 2.56. The van der Waals surface area contributed by atoms with E-state index in [1.807, 2.05) is 12.3 Å². The Morgan fingerprint density at radius 2 is 2.44 bits per heavy atom. The Labute approximate surface area is 108 Å². The Bertz CT molecular complexity index is 381. The van der Waals surface area contributed by atoms with Crippen LogP contribution in [0.25, 0.3) is 0 Å². The molecule has 2 heterocycles. The third-order valence-electron chi connectivity index (χ3n) is 3.41. The van der Waals surface area contributed by atoms with Crippen LogP contribution >= 0.6 is 0 Å². The first-order chi connectivity index (χ1) is 8.77. The average Bonchev–Trinajstić information content (AvgIpc) is 2.40. The van der Waals surface area contributed by atoms with E-state index in [9.17, 15) is 4.79 Å². The van der Waals surface area contributed by atoms with Crippen molar-refractivity contribution in [2.45, 2.75) is 32.2 Å². The van der Waals surface area contributed by atoms with E-state index in [0.717, 1.165) is 13.1 Å². The molecule has 1 N–H and O–H groups in total. The van der Waals surface area contributed by atoms with E-state index < -0.39 is 0 Å². The molecular weight excluding hydrogens is 228 g/mol. The van der Waals surface area contributed by atoms with Crippen LogP contribution in [-0.2, 0) is 9.53 Å². The summed E-state index contributed by atoms with van der Waals surface area (Å²) in [4.78, 5) is 16.3. The Kier molecular flexibility index (Phi) is 4.70. The van der Waals surface area contributed by atoms with E-state index in [0.29, 0.717) is 12.6 Å². The second-order valence-corrected chi connectivity index (χ2v) is 4.72. The van der Waals surface area contributed by atoms with Gasteiger partial charge < -0.3 is 4.74 Å². The van der Waals surface area contributed by atoms with Gasteiger partial charge in [-0.05, 0) is 25.5 Å². The maximum Gasteiger partial charge on any atom is 0.302 e. The summed E-state index contributed by atoms with van der Waals surface area (Å²) >= 11 is 0. The van der Waals surface area contributed by atoms with Crippen LogP contribution in [-0.4, -0.2) is 30.6 Å². The third kappa shape index (κ3) is 3.53. The van der Waals surface area contributed by atoms with Gasteiger partial charge in [0, 0.05) is 31.1 Å². The molecule has 1 fully saturated rings. The third-order valence-corrected chi connectivity index (χ3v) is 3.41. The van der Waals surface area contributed by atoms with Crippen molar-refractivity contribution in [3.8, 4) is 0 Å².